The quantitative estimate of drug-likeness (QED) is 0.271. The highest BCUT2D eigenvalue weighted by molar-refractivity contribution is 5.97. The number of aromatic nitrogens is 3. The number of aromatic amines is 1. The molecule has 9 heteroatoms. The Hall–Kier alpha value is -4.08. The molecule has 1 aliphatic rings. The van der Waals surface area contributed by atoms with Gasteiger partial charge in [-0.3, -0.25) is 14.5 Å². The van der Waals surface area contributed by atoms with Crippen LogP contribution >= 0.6 is 0 Å². The summed E-state index contributed by atoms with van der Waals surface area (Å²) in [6.07, 6.45) is 5.71. The van der Waals surface area contributed by atoms with Crippen molar-refractivity contribution in [2.45, 2.75) is 39.7 Å². The molecule has 0 bridgehead atoms. The van der Waals surface area contributed by atoms with Crippen LogP contribution in [0.15, 0.2) is 42.7 Å². The monoisotopic (exact) mass is 554 g/mol. The number of carbonyl (C=O) groups is 2. The second-order valence-electron chi connectivity index (χ2n) is 11.0. The van der Waals surface area contributed by atoms with Gasteiger partial charge in [-0.05, 0) is 72.7 Å². The molecule has 0 aliphatic carbocycles. The maximum atomic E-state index is 12.5. The summed E-state index contributed by atoms with van der Waals surface area (Å²) < 4.78 is 0. The van der Waals surface area contributed by atoms with E-state index < -0.39 is 0 Å². The predicted molar refractivity (Wildman–Crippen MR) is 161 cm³/mol. The summed E-state index contributed by atoms with van der Waals surface area (Å²) in [7, 11) is 3.51. The summed E-state index contributed by atoms with van der Waals surface area (Å²) >= 11 is 0. The van der Waals surface area contributed by atoms with Crippen molar-refractivity contribution in [3.8, 4) is 22.4 Å². The summed E-state index contributed by atoms with van der Waals surface area (Å²) in [6, 6.07) is 10.3. The fraction of sp³-hybridized carbons (Fsp3) is 0.375. The molecule has 0 unspecified atom stereocenters. The van der Waals surface area contributed by atoms with Crippen LogP contribution in [0.25, 0.3) is 33.5 Å². The number of aryl methyl sites for hydroxylation is 2. The summed E-state index contributed by atoms with van der Waals surface area (Å²) in [4.78, 5) is 41.5. The summed E-state index contributed by atoms with van der Waals surface area (Å²) in [5.41, 5.74) is 10.7. The third kappa shape index (κ3) is 6.16. The van der Waals surface area contributed by atoms with E-state index in [0.717, 1.165) is 53.0 Å². The molecule has 41 heavy (non-hydrogen) atoms. The SMILES string of the molecule is Cc1cc(-c2c[nH]c3ncc(-c4cc(C)c5c(c4)CN(CCC(=O)NCCCO)CC5)nc23)ccc1C(=O)N(C)C. The van der Waals surface area contributed by atoms with Gasteiger partial charge in [-0.25, -0.2) is 9.97 Å². The Kier molecular flexibility index (Phi) is 8.46. The minimum Gasteiger partial charge on any atom is -0.396 e. The van der Waals surface area contributed by atoms with Crippen molar-refractivity contribution in [2.24, 2.45) is 0 Å². The molecular formula is C32H38N6O3. The number of nitrogens with one attached hydrogen (secondary N) is 2. The Balaban J connectivity index is 1.39. The number of hydrogen-bond acceptors (Lipinski definition) is 6. The number of rotatable bonds is 9. The van der Waals surface area contributed by atoms with E-state index in [0.29, 0.717) is 37.1 Å². The van der Waals surface area contributed by atoms with E-state index in [-0.39, 0.29) is 18.4 Å². The number of benzene rings is 2. The first-order chi connectivity index (χ1) is 19.7. The number of carbonyl (C=O) groups excluding carboxylic acids is 2. The van der Waals surface area contributed by atoms with Gasteiger partial charge in [-0.15, -0.1) is 0 Å². The van der Waals surface area contributed by atoms with E-state index in [1.165, 1.54) is 16.7 Å². The first-order valence-corrected chi connectivity index (χ1v) is 14.1. The summed E-state index contributed by atoms with van der Waals surface area (Å²) in [6.45, 7) is 7.11. The molecule has 2 aromatic carbocycles. The Labute approximate surface area is 240 Å². The second-order valence-corrected chi connectivity index (χ2v) is 11.0. The van der Waals surface area contributed by atoms with Crippen molar-refractivity contribution in [3.63, 3.8) is 0 Å². The van der Waals surface area contributed by atoms with Crippen molar-refractivity contribution in [3.05, 3.63) is 70.5 Å². The number of aliphatic hydroxyl groups is 1. The molecule has 2 amide bonds. The van der Waals surface area contributed by atoms with Crippen LogP contribution in [0.4, 0.5) is 0 Å². The molecule has 0 atom stereocenters. The maximum Gasteiger partial charge on any atom is 0.253 e. The van der Waals surface area contributed by atoms with Crippen LogP contribution in [0.1, 0.15) is 45.5 Å². The van der Waals surface area contributed by atoms with Crippen molar-refractivity contribution < 1.29 is 14.7 Å². The van der Waals surface area contributed by atoms with Crippen molar-refractivity contribution in [2.75, 3.05) is 40.3 Å². The second kappa shape index (κ2) is 12.2. The van der Waals surface area contributed by atoms with Crippen LogP contribution in [0.5, 0.6) is 0 Å². The zero-order chi connectivity index (χ0) is 29.1. The van der Waals surface area contributed by atoms with Gasteiger partial charge in [0.2, 0.25) is 5.91 Å². The van der Waals surface area contributed by atoms with Gasteiger partial charge in [0.1, 0.15) is 5.52 Å². The van der Waals surface area contributed by atoms with Crippen LogP contribution < -0.4 is 5.32 Å². The van der Waals surface area contributed by atoms with Crippen molar-refractivity contribution in [1.82, 2.24) is 30.1 Å². The molecule has 214 valence electrons. The molecule has 2 aromatic heterocycles. The van der Waals surface area contributed by atoms with Crippen LogP contribution in [-0.2, 0) is 17.8 Å². The van der Waals surface area contributed by atoms with E-state index in [1.54, 1.807) is 19.0 Å². The zero-order valence-corrected chi connectivity index (χ0v) is 24.3. The molecule has 0 saturated heterocycles. The average Bonchev–Trinajstić information content (AvgIpc) is 3.39. The number of H-pyrrole nitrogens is 1. The van der Waals surface area contributed by atoms with Gasteiger partial charge in [-0.2, -0.15) is 0 Å². The Morgan fingerprint density at radius 3 is 2.68 bits per heavy atom. The predicted octanol–water partition coefficient (Wildman–Crippen LogP) is 3.86. The average molecular weight is 555 g/mol. The highest BCUT2D eigenvalue weighted by atomic mass is 16.3. The fourth-order valence-corrected chi connectivity index (χ4v) is 5.54. The Morgan fingerprint density at radius 1 is 1.12 bits per heavy atom. The van der Waals surface area contributed by atoms with Gasteiger partial charge in [0.15, 0.2) is 5.65 Å². The van der Waals surface area contributed by atoms with Crippen LogP contribution in [-0.4, -0.2) is 82.0 Å². The summed E-state index contributed by atoms with van der Waals surface area (Å²) in [5, 5.41) is 11.8. The molecular weight excluding hydrogens is 516 g/mol. The topological polar surface area (TPSA) is 114 Å². The van der Waals surface area contributed by atoms with E-state index in [1.807, 2.05) is 37.5 Å². The summed E-state index contributed by atoms with van der Waals surface area (Å²) in [5.74, 6) is 0.00640. The van der Waals surface area contributed by atoms with Crippen molar-refractivity contribution in [1.29, 1.82) is 0 Å². The van der Waals surface area contributed by atoms with Crippen LogP contribution in [0.2, 0.25) is 0 Å². The minimum atomic E-state index is -0.0160. The minimum absolute atomic E-state index is 0.0160. The van der Waals surface area contributed by atoms with E-state index in [4.69, 9.17) is 10.1 Å². The Bertz CT molecular complexity index is 1590. The highest BCUT2D eigenvalue weighted by Gasteiger charge is 2.21. The fourth-order valence-electron chi connectivity index (χ4n) is 5.54. The van der Waals surface area contributed by atoms with Crippen LogP contribution in [0, 0.1) is 13.8 Å². The molecule has 0 spiro atoms. The van der Waals surface area contributed by atoms with Gasteiger partial charge in [0, 0.05) is 76.2 Å². The maximum absolute atomic E-state index is 12.5. The van der Waals surface area contributed by atoms with Crippen molar-refractivity contribution >= 4 is 23.0 Å². The lowest BCUT2D eigenvalue weighted by molar-refractivity contribution is -0.121. The third-order valence-electron chi connectivity index (χ3n) is 7.80. The molecule has 0 saturated carbocycles. The number of fused-ring (bicyclic) bond motifs is 2. The molecule has 4 aromatic rings. The third-order valence-corrected chi connectivity index (χ3v) is 7.80. The highest BCUT2D eigenvalue weighted by Crippen LogP contribution is 2.32. The number of amides is 2. The first-order valence-electron chi connectivity index (χ1n) is 14.1. The number of hydrogen-bond donors (Lipinski definition) is 3. The van der Waals surface area contributed by atoms with Crippen LogP contribution in [0.3, 0.4) is 0 Å². The molecule has 0 radical (unpaired) electrons. The molecule has 1 aliphatic heterocycles. The normalized spacial score (nSPS) is 13.3. The van der Waals surface area contributed by atoms with E-state index in [9.17, 15) is 9.59 Å². The Morgan fingerprint density at radius 2 is 1.93 bits per heavy atom. The van der Waals surface area contributed by atoms with Gasteiger partial charge >= 0.3 is 0 Å². The lowest BCUT2D eigenvalue weighted by Crippen LogP contribution is -2.35. The molecule has 5 rings (SSSR count). The smallest absolute Gasteiger partial charge is 0.253 e. The first kappa shape index (κ1) is 28.4. The standard InChI is InChI=1S/C32H38N6O3/c1-20-15-23(16-24-19-38(11-8-25(20)24)12-9-29(40)33-10-5-13-39)28-18-35-31-30(36-28)27(17-34-31)22-6-7-26(21(2)14-22)32(41)37(3)4/h6-7,14-18,39H,5,8-13,19H2,1-4H3,(H,33,40)(H,34,35). The van der Waals surface area contributed by atoms with E-state index in [2.05, 4.69) is 39.2 Å². The van der Waals surface area contributed by atoms with Gasteiger partial charge in [-0.1, -0.05) is 12.1 Å². The van der Waals surface area contributed by atoms with Gasteiger partial charge < -0.3 is 20.3 Å². The lowest BCUT2D eigenvalue weighted by Gasteiger charge is -2.30. The molecule has 3 N–H and O–H groups in total. The van der Waals surface area contributed by atoms with Gasteiger partial charge in [0.25, 0.3) is 5.91 Å². The molecule has 9 nitrogen and oxygen atoms in total. The number of aliphatic hydroxyl groups excluding tert-OH is 1. The lowest BCUT2D eigenvalue weighted by atomic mass is 9.92. The molecule has 0 fully saturated rings. The molecule has 3 heterocycles. The zero-order valence-electron chi connectivity index (χ0n) is 24.3. The largest absolute Gasteiger partial charge is 0.396 e. The van der Waals surface area contributed by atoms with E-state index >= 15 is 0 Å². The number of nitrogens with zero attached hydrogens (tertiary/aromatic N) is 4. The van der Waals surface area contributed by atoms with Gasteiger partial charge in [0.05, 0.1) is 11.9 Å².